The molecule has 5 nitrogen and oxygen atoms in total. The lowest BCUT2D eigenvalue weighted by atomic mass is 9.96. The Balaban J connectivity index is 1.95. The summed E-state index contributed by atoms with van der Waals surface area (Å²) in [5, 5.41) is 9.16. The van der Waals surface area contributed by atoms with Gasteiger partial charge in [-0.2, -0.15) is 4.98 Å². The number of carbonyl (C=O) groups is 1. The standard InChI is InChI=1S/C15H16N4OS/c1-15(2,3)12(20)16-13-17-14-19(18-13)11(9-21-14)10-7-5-4-6-8-10/h4-9H,1-3H3,(H,16,18,20). The number of aromatic nitrogens is 3. The van der Waals surface area contributed by atoms with Crippen LogP contribution in [0.25, 0.3) is 16.2 Å². The van der Waals surface area contributed by atoms with Gasteiger partial charge >= 0.3 is 0 Å². The summed E-state index contributed by atoms with van der Waals surface area (Å²) < 4.78 is 1.76. The zero-order chi connectivity index (χ0) is 15.0. The van der Waals surface area contributed by atoms with E-state index in [0.29, 0.717) is 5.95 Å². The third-order valence-electron chi connectivity index (χ3n) is 3.06. The highest BCUT2D eigenvalue weighted by molar-refractivity contribution is 7.15. The molecule has 21 heavy (non-hydrogen) atoms. The molecule has 0 radical (unpaired) electrons. The molecule has 0 aliphatic carbocycles. The van der Waals surface area contributed by atoms with Gasteiger partial charge in [-0.15, -0.1) is 16.4 Å². The molecular weight excluding hydrogens is 284 g/mol. The summed E-state index contributed by atoms with van der Waals surface area (Å²) in [4.78, 5) is 17.1. The number of nitrogens with one attached hydrogen (secondary N) is 1. The van der Waals surface area contributed by atoms with Crippen LogP contribution in [0.3, 0.4) is 0 Å². The van der Waals surface area contributed by atoms with Gasteiger partial charge in [0.1, 0.15) is 0 Å². The monoisotopic (exact) mass is 300 g/mol. The SMILES string of the molecule is CC(C)(C)C(=O)Nc1nc2scc(-c3ccccc3)n2n1. The van der Waals surface area contributed by atoms with Gasteiger partial charge in [-0.05, 0) is 0 Å². The molecule has 0 saturated heterocycles. The average Bonchev–Trinajstić information content (AvgIpc) is 2.98. The van der Waals surface area contributed by atoms with E-state index in [1.165, 1.54) is 11.3 Å². The van der Waals surface area contributed by atoms with Crippen LogP contribution in [0, 0.1) is 5.41 Å². The Bertz CT molecular complexity index is 783. The van der Waals surface area contributed by atoms with E-state index >= 15 is 0 Å². The lowest BCUT2D eigenvalue weighted by Gasteiger charge is -2.15. The van der Waals surface area contributed by atoms with Crippen molar-refractivity contribution >= 4 is 28.2 Å². The van der Waals surface area contributed by atoms with Gasteiger partial charge in [-0.25, -0.2) is 4.52 Å². The first-order chi connectivity index (χ1) is 9.95. The van der Waals surface area contributed by atoms with Crippen molar-refractivity contribution in [3.05, 3.63) is 35.7 Å². The molecule has 1 N–H and O–H groups in total. The van der Waals surface area contributed by atoms with E-state index in [1.54, 1.807) is 4.52 Å². The molecule has 2 aromatic heterocycles. The normalized spacial score (nSPS) is 11.8. The second-order valence-electron chi connectivity index (χ2n) is 5.82. The lowest BCUT2D eigenvalue weighted by Crippen LogP contribution is -2.28. The van der Waals surface area contributed by atoms with Gasteiger partial charge in [0.2, 0.25) is 16.8 Å². The third kappa shape index (κ3) is 2.67. The van der Waals surface area contributed by atoms with Crippen LogP contribution in [0.5, 0.6) is 0 Å². The summed E-state index contributed by atoms with van der Waals surface area (Å²) in [6.07, 6.45) is 0. The third-order valence-corrected chi connectivity index (χ3v) is 3.87. The van der Waals surface area contributed by atoms with Gasteiger partial charge in [0.05, 0.1) is 5.69 Å². The van der Waals surface area contributed by atoms with Crippen molar-refractivity contribution in [2.75, 3.05) is 5.32 Å². The highest BCUT2D eigenvalue weighted by Crippen LogP contribution is 2.26. The fourth-order valence-electron chi connectivity index (χ4n) is 1.83. The van der Waals surface area contributed by atoms with Gasteiger partial charge in [0.15, 0.2) is 0 Å². The zero-order valence-corrected chi connectivity index (χ0v) is 12.9. The van der Waals surface area contributed by atoms with Gasteiger partial charge in [0.25, 0.3) is 0 Å². The predicted octanol–water partition coefficient (Wildman–Crippen LogP) is 3.44. The minimum atomic E-state index is -0.471. The molecule has 1 aromatic carbocycles. The number of hydrogen-bond acceptors (Lipinski definition) is 4. The molecule has 0 aliphatic rings. The Labute approximate surface area is 126 Å². The highest BCUT2D eigenvalue weighted by atomic mass is 32.1. The second kappa shape index (κ2) is 4.96. The zero-order valence-electron chi connectivity index (χ0n) is 12.1. The van der Waals surface area contributed by atoms with Crippen LogP contribution in [0.15, 0.2) is 35.7 Å². The van der Waals surface area contributed by atoms with E-state index in [0.717, 1.165) is 16.2 Å². The van der Waals surface area contributed by atoms with E-state index in [4.69, 9.17) is 0 Å². The highest BCUT2D eigenvalue weighted by Gasteiger charge is 2.23. The van der Waals surface area contributed by atoms with Crippen LogP contribution < -0.4 is 5.32 Å². The number of nitrogens with zero attached hydrogens (tertiary/aromatic N) is 3. The molecule has 0 saturated carbocycles. The maximum atomic E-state index is 12.0. The van der Waals surface area contributed by atoms with Crippen LogP contribution in [-0.4, -0.2) is 20.5 Å². The maximum Gasteiger partial charge on any atom is 0.250 e. The Morgan fingerprint density at radius 1 is 1.24 bits per heavy atom. The molecule has 3 rings (SSSR count). The first kappa shape index (κ1) is 13.8. The molecule has 1 amide bonds. The molecule has 2 heterocycles. The molecule has 0 bridgehead atoms. The molecule has 108 valence electrons. The van der Waals surface area contributed by atoms with Crippen LogP contribution in [-0.2, 0) is 4.79 Å². The van der Waals surface area contributed by atoms with Crippen molar-refractivity contribution in [1.82, 2.24) is 14.6 Å². The smallest absolute Gasteiger partial charge is 0.250 e. The number of benzene rings is 1. The van der Waals surface area contributed by atoms with Crippen molar-refractivity contribution in [3.63, 3.8) is 0 Å². The Morgan fingerprint density at radius 3 is 2.62 bits per heavy atom. The van der Waals surface area contributed by atoms with Gasteiger partial charge in [-0.3, -0.25) is 10.1 Å². The number of carbonyl (C=O) groups excluding carboxylic acids is 1. The number of rotatable bonds is 2. The Kier molecular flexibility index (Phi) is 3.25. The molecule has 0 spiro atoms. The first-order valence-electron chi connectivity index (χ1n) is 6.66. The van der Waals surface area contributed by atoms with Crippen LogP contribution in [0.2, 0.25) is 0 Å². The minimum absolute atomic E-state index is 0.0954. The lowest BCUT2D eigenvalue weighted by molar-refractivity contribution is -0.123. The van der Waals surface area contributed by atoms with E-state index in [9.17, 15) is 4.79 Å². The molecule has 0 aliphatic heterocycles. The number of thiazole rings is 1. The van der Waals surface area contributed by atoms with Gasteiger partial charge < -0.3 is 0 Å². The molecule has 0 unspecified atom stereocenters. The van der Waals surface area contributed by atoms with Crippen molar-refractivity contribution in [3.8, 4) is 11.3 Å². The van der Waals surface area contributed by atoms with Crippen molar-refractivity contribution in [2.24, 2.45) is 5.41 Å². The van der Waals surface area contributed by atoms with E-state index in [-0.39, 0.29) is 5.91 Å². The maximum absolute atomic E-state index is 12.0. The first-order valence-corrected chi connectivity index (χ1v) is 7.54. The number of anilines is 1. The van der Waals surface area contributed by atoms with Gasteiger partial charge in [0, 0.05) is 16.4 Å². The van der Waals surface area contributed by atoms with E-state index in [2.05, 4.69) is 15.4 Å². The van der Waals surface area contributed by atoms with Gasteiger partial charge in [-0.1, -0.05) is 51.1 Å². The van der Waals surface area contributed by atoms with Crippen molar-refractivity contribution in [2.45, 2.75) is 20.8 Å². The largest absolute Gasteiger partial charge is 0.293 e. The quantitative estimate of drug-likeness (QED) is 0.788. The Hall–Kier alpha value is -2.21. The summed E-state index contributed by atoms with van der Waals surface area (Å²) in [6, 6.07) is 9.99. The summed E-state index contributed by atoms with van der Waals surface area (Å²) in [7, 11) is 0. The average molecular weight is 300 g/mol. The van der Waals surface area contributed by atoms with Crippen LogP contribution in [0.1, 0.15) is 20.8 Å². The number of hydrogen-bond donors (Lipinski definition) is 1. The van der Waals surface area contributed by atoms with Crippen LogP contribution >= 0.6 is 11.3 Å². The Morgan fingerprint density at radius 2 is 1.95 bits per heavy atom. The van der Waals surface area contributed by atoms with Crippen molar-refractivity contribution in [1.29, 1.82) is 0 Å². The van der Waals surface area contributed by atoms with E-state index in [1.807, 2.05) is 56.5 Å². The van der Waals surface area contributed by atoms with E-state index < -0.39 is 5.41 Å². The minimum Gasteiger partial charge on any atom is -0.293 e. The number of fused-ring (bicyclic) bond motifs is 1. The summed E-state index contributed by atoms with van der Waals surface area (Å²) in [5.74, 6) is 0.251. The number of amides is 1. The second-order valence-corrected chi connectivity index (χ2v) is 6.66. The predicted molar refractivity (Wildman–Crippen MR) is 84.4 cm³/mol. The molecule has 6 heteroatoms. The molecular formula is C15H16N4OS. The molecule has 0 atom stereocenters. The summed E-state index contributed by atoms with van der Waals surface area (Å²) in [5.41, 5.74) is 1.57. The summed E-state index contributed by atoms with van der Waals surface area (Å²) >= 11 is 1.50. The molecule has 0 fully saturated rings. The molecule has 3 aromatic rings. The van der Waals surface area contributed by atoms with Crippen molar-refractivity contribution < 1.29 is 4.79 Å². The summed E-state index contributed by atoms with van der Waals surface area (Å²) in [6.45, 7) is 5.57. The van der Waals surface area contributed by atoms with Crippen LogP contribution in [0.4, 0.5) is 5.95 Å². The fourth-order valence-corrected chi connectivity index (χ4v) is 2.66. The topological polar surface area (TPSA) is 59.3 Å². The fraction of sp³-hybridized carbons (Fsp3) is 0.267.